The molecule has 3 aromatic rings. The number of nitrogens with zero attached hydrogens (tertiary/aromatic N) is 6. The topological polar surface area (TPSA) is 119 Å². The fraction of sp³-hybridized carbons (Fsp3) is 0.348. The van der Waals surface area contributed by atoms with Gasteiger partial charge in [-0.2, -0.15) is 15.0 Å². The van der Waals surface area contributed by atoms with E-state index >= 15 is 0 Å². The number of aliphatic hydroxyl groups is 1. The van der Waals surface area contributed by atoms with Crippen molar-refractivity contribution in [3.63, 3.8) is 0 Å². The first kappa shape index (κ1) is 25.0. The van der Waals surface area contributed by atoms with Crippen LogP contribution in [0, 0.1) is 6.92 Å². The van der Waals surface area contributed by atoms with E-state index in [1.165, 1.54) is 17.5 Å². The second-order valence-electron chi connectivity index (χ2n) is 7.91. The Bertz CT molecular complexity index is 1190. The Hall–Kier alpha value is -3.12. The highest BCUT2D eigenvalue weighted by Crippen LogP contribution is 2.28. The van der Waals surface area contributed by atoms with Crippen LogP contribution in [0.15, 0.2) is 30.5 Å². The fourth-order valence-electron chi connectivity index (χ4n) is 3.61. The first-order valence-electron chi connectivity index (χ1n) is 11.2. The zero-order chi connectivity index (χ0) is 24.8. The number of allylic oxidation sites excluding steroid dienone is 1. The van der Waals surface area contributed by atoms with Gasteiger partial charge in [0.05, 0.1) is 23.5 Å². The number of hydrogen-bond acceptors (Lipinski definition) is 10. The van der Waals surface area contributed by atoms with Crippen LogP contribution in [0.3, 0.4) is 0 Å². The Balaban J connectivity index is 1.48. The number of hydrogen-bond donors (Lipinski definition) is 3. The van der Waals surface area contributed by atoms with Crippen LogP contribution in [-0.4, -0.2) is 75.2 Å². The van der Waals surface area contributed by atoms with Crippen LogP contribution in [0.25, 0.3) is 6.08 Å². The average Bonchev–Trinajstić information content (AvgIpc) is 3.31. The Morgan fingerprint density at radius 3 is 2.74 bits per heavy atom. The van der Waals surface area contributed by atoms with E-state index in [4.69, 9.17) is 16.7 Å². The first-order chi connectivity index (χ1) is 17.0. The van der Waals surface area contributed by atoms with Crippen molar-refractivity contribution in [3.8, 4) is 0 Å². The minimum atomic E-state index is -0.293. The van der Waals surface area contributed by atoms with Gasteiger partial charge in [-0.15, -0.1) is 0 Å². The predicted molar refractivity (Wildman–Crippen MR) is 140 cm³/mol. The molecule has 2 aromatic heterocycles. The molecule has 0 atom stereocenters. The Kier molecular flexibility index (Phi) is 8.24. The lowest BCUT2D eigenvalue weighted by Gasteiger charge is -2.34. The van der Waals surface area contributed by atoms with Gasteiger partial charge in [0.1, 0.15) is 4.88 Å². The highest BCUT2D eigenvalue weighted by molar-refractivity contribution is 7.17. The molecular weight excluding hydrogens is 488 g/mol. The third-order valence-corrected chi connectivity index (χ3v) is 6.66. The van der Waals surface area contributed by atoms with E-state index in [9.17, 15) is 4.79 Å². The quantitative estimate of drug-likeness (QED) is 0.415. The number of thiazole rings is 1. The molecule has 1 aromatic carbocycles. The van der Waals surface area contributed by atoms with Crippen LogP contribution >= 0.6 is 22.9 Å². The number of para-hydroxylation sites is 1. The molecule has 0 saturated carbocycles. The maximum absolute atomic E-state index is 12.8. The molecule has 1 aliphatic rings. The number of carbonyl (C=O) groups is 1. The molecule has 0 radical (unpaired) electrons. The number of aromatic nitrogens is 4. The number of aliphatic hydroxyl groups excluding tert-OH is 1. The number of carbonyl (C=O) groups excluding carboxylic acids is 1. The second kappa shape index (κ2) is 11.5. The number of rotatable bonds is 8. The normalized spacial score (nSPS) is 14.5. The molecule has 0 unspecified atom stereocenters. The lowest BCUT2D eigenvalue weighted by atomic mass is 10.2. The monoisotopic (exact) mass is 514 g/mol. The highest BCUT2D eigenvalue weighted by atomic mass is 35.5. The lowest BCUT2D eigenvalue weighted by molar-refractivity contribution is 0.103. The maximum Gasteiger partial charge on any atom is 0.267 e. The van der Waals surface area contributed by atoms with Gasteiger partial charge in [0.2, 0.25) is 11.9 Å². The van der Waals surface area contributed by atoms with Crippen molar-refractivity contribution in [2.24, 2.45) is 0 Å². The molecule has 1 saturated heterocycles. The van der Waals surface area contributed by atoms with E-state index in [2.05, 4.69) is 40.4 Å². The van der Waals surface area contributed by atoms with E-state index in [1.807, 2.05) is 38.1 Å². The number of anilines is 4. The molecule has 0 spiro atoms. The summed E-state index contributed by atoms with van der Waals surface area (Å²) in [5, 5.41) is 16.1. The van der Waals surface area contributed by atoms with Crippen LogP contribution in [0.4, 0.5) is 22.7 Å². The Morgan fingerprint density at radius 1 is 1.23 bits per heavy atom. The molecule has 3 heterocycles. The van der Waals surface area contributed by atoms with Crippen LogP contribution in [0.5, 0.6) is 0 Å². The van der Waals surface area contributed by atoms with Crippen LogP contribution < -0.4 is 15.5 Å². The average molecular weight is 515 g/mol. The summed E-state index contributed by atoms with van der Waals surface area (Å²) < 4.78 is 0. The molecule has 1 fully saturated rings. The van der Waals surface area contributed by atoms with E-state index in [-0.39, 0.29) is 12.5 Å². The van der Waals surface area contributed by atoms with Crippen molar-refractivity contribution in [3.05, 3.63) is 51.8 Å². The van der Waals surface area contributed by atoms with Gasteiger partial charge in [-0.05, 0) is 31.6 Å². The molecule has 184 valence electrons. The molecule has 10 nitrogen and oxygen atoms in total. The van der Waals surface area contributed by atoms with E-state index in [0.717, 1.165) is 31.7 Å². The van der Waals surface area contributed by atoms with E-state index < -0.39 is 0 Å². The smallest absolute Gasteiger partial charge is 0.267 e. The van der Waals surface area contributed by atoms with Crippen LogP contribution in [0.1, 0.15) is 28.0 Å². The minimum absolute atomic E-state index is 0.150. The SMILES string of the molecule is CC=Cc1nc(Nc2ncc(C(=O)Nc3c(C)cccc3Cl)s2)nc(N2CCN(CCO)CC2)n1. The summed E-state index contributed by atoms with van der Waals surface area (Å²) in [5.41, 5.74) is 1.46. The van der Waals surface area contributed by atoms with Gasteiger partial charge in [0.15, 0.2) is 11.0 Å². The molecule has 1 amide bonds. The molecule has 35 heavy (non-hydrogen) atoms. The minimum Gasteiger partial charge on any atom is -0.395 e. The summed E-state index contributed by atoms with van der Waals surface area (Å²) in [7, 11) is 0. The number of β-amino-alcohol motifs (C(OH)–C–C–N with tert-alkyl or cyclic N) is 1. The molecule has 4 rings (SSSR count). The third-order valence-electron chi connectivity index (χ3n) is 5.44. The third kappa shape index (κ3) is 6.31. The highest BCUT2D eigenvalue weighted by Gasteiger charge is 2.20. The fourth-order valence-corrected chi connectivity index (χ4v) is 4.59. The van der Waals surface area contributed by atoms with Crippen molar-refractivity contribution < 1.29 is 9.90 Å². The van der Waals surface area contributed by atoms with Gasteiger partial charge in [0.25, 0.3) is 5.91 Å². The van der Waals surface area contributed by atoms with Crippen LogP contribution in [-0.2, 0) is 0 Å². The first-order valence-corrected chi connectivity index (χ1v) is 12.4. The van der Waals surface area contributed by atoms with Crippen molar-refractivity contribution in [2.45, 2.75) is 13.8 Å². The molecular formula is C23H27ClN8O2S. The van der Waals surface area contributed by atoms with E-state index in [1.54, 1.807) is 6.07 Å². The number of aryl methyl sites for hydroxylation is 1. The van der Waals surface area contributed by atoms with Crippen molar-refractivity contribution >= 4 is 57.6 Å². The number of piperazine rings is 1. The summed E-state index contributed by atoms with van der Waals surface area (Å²) in [6.07, 6.45) is 5.18. The molecule has 3 N–H and O–H groups in total. The summed E-state index contributed by atoms with van der Waals surface area (Å²) >= 11 is 7.43. The molecule has 0 bridgehead atoms. The summed E-state index contributed by atoms with van der Waals surface area (Å²) in [6, 6.07) is 5.45. The Labute approximate surface area is 212 Å². The number of nitrogens with one attached hydrogen (secondary N) is 2. The number of halogens is 1. The van der Waals surface area contributed by atoms with E-state index in [0.29, 0.717) is 45.0 Å². The van der Waals surface area contributed by atoms with Gasteiger partial charge < -0.3 is 15.3 Å². The van der Waals surface area contributed by atoms with Crippen molar-refractivity contribution in [1.82, 2.24) is 24.8 Å². The van der Waals surface area contributed by atoms with Crippen molar-refractivity contribution in [1.29, 1.82) is 0 Å². The molecule has 12 heteroatoms. The zero-order valence-electron chi connectivity index (χ0n) is 19.5. The molecule has 1 aliphatic heterocycles. The largest absolute Gasteiger partial charge is 0.395 e. The van der Waals surface area contributed by atoms with Gasteiger partial charge in [0, 0.05) is 32.7 Å². The Morgan fingerprint density at radius 2 is 2.03 bits per heavy atom. The van der Waals surface area contributed by atoms with Gasteiger partial charge >= 0.3 is 0 Å². The lowest BCUT2D eigenvalue weighted by Crippen LogP contribution is -2.47. The summed E-state index contributed by atoms with van der Waals surface area (Å²) in [6.45, 7) is 7.75. The maximum atomic E-state index is 12.8. The van der Waals surface area contributed by atoms with Crippen LogP contribution in [0.2, 0.25) is 5.02 Å². The predicted octanol–water partition coefficient (Wildman–Crippen LogP) is 3.43. The summed E-state index contributed by atoms with van der Waals surface area (Å²) in [4.78, 5) is 35.4. The van der Waals surface area contributed by atoms with Gasteiger partial charge in [-0.3, -0.25) is 15.0 Å². The number of benzene rings is 1. The molecule has 0 aliphatic carbocycles. The number of amides is 1. The summed E-state index contributed by atoms with van der Waals surface area (Å²) in [5.74, 6) is 1.16. The zero-order valence-corrected chi connectivity index (χ0v) is 21.1. The van der Waals surface area contributed by atoms with Gasteiger partial charge in [-0.25, -0.2) is 4.98 Å². The van der Waals surface area contributed by atoms with Crippen molar-refractivity contribution in [2.75, 3.05) is 54.9 Å². The van der Waals surface area contributed by atoms with Gasteiger partial charge in [-0.1, -0.05) is 41.1 Å². The second-order valence-corrected chi connectivity index (χ2v) is 9.35. The standard InChI is InChI=1S/C23H27ClN8O2S/c1-3-5-18-26-21(29-22(27-18)32-10-8-31(9-11-32)12-13-33)30-23-25-14-17(35-23)20(34)28-19-15(2)6-4-7-16(19)24/h3-7,14,33H,8-13H2,1-2H3,(H,28,34)(H,25,26,27,29,30).